The second-order valence-corrected chi connectivity index (χ2v) is 4.68. The van der Waals surface area contributed by atoms with Crippen molar-refractivity contribution in [1.82, 2.24) is 9.88 Å². The molecule has 0 radical (unpaired) electrons. The van der Waals surface area contributed by atoms with Crippen LogP contribution in [0.5, 0.6) is 0 Å². The average molecular weight is 280 g/mol. The van der Waals surface area contributed by atoms with Crippen molar-refractivity contribution in [3.63, 3.8) is 0 Å². The van der Waals surface area contributed by atoms with Crippen LogP contribution in [0.25, 0.3) is 0 Å². The largest absolute Gasteiger partial charge is 0.481 e. The quantitative estimate of drug-likeness (QED) is 0.699. The Hall–Kier alpha value is -2.11. The van der Waals surface area contributed by atoms with E-state index in [1.54, 1.807) is 19.3 Å². The van der Waals surface area contributed by atoms with Crippen molar-refractivity contribution in [1.29, 1.82) is 0 Å². The summed E-state index contributed by atoms with van der Waals surface area (Å²) in [7, 11) is 1.63. The van der Waals surface area contributed by atoms with Crippen LogP contribution in [0.15, 0.2) is 23.1 Å². The molecule has 0 aromatic carbocycles. The zero-order valence-electron chi connectivity index (χ0n) is 11.6. The minimum absolute atomic E-state index is 0.194. The SMILES string of the molecule is Cn1ccc(C(=O)NCCCCCCC(=O)O)cc1=O. The van der Waals surface area contributed by atoms with Gasteiger partial charge >= 0.3 is 5.97 Å². The number of aliphatic carboxylic acids is 1. The predicted octanol–water partition coefficient (Wildman–Crippen LogP) is 1.15. The van der Waals surface area contributed by atoms with Crippen molar-refractivity contribution in [2.24, 2.45) is 7.05 Å². The molecule has 20 heavy (non-hydrogen) atoms. The maximum absolute atomic E-state index is 11.7. The van der Waals surface area contributed by atoms with Crippen molar-refractivity contribution in [2.45, 2.75) is 32.1 Å². The molecule has 110 valence electrons. The number of carbonyl (C=O) groups excluding carboxylic acids is 1. The zero-order chi connectivity index (χ0) is 15.0. The summed E-state index contributed by atoms with van der Waals surface area (Å²) in [6.45, 7) is 0.529. The summed E-state index contributed by atoms with van der Waals surface area (Å²) in [5, 5.41) is 11.2. The maximum Gasteiger partial charge on any atom is 0.303 e. The topological polar surface area (TPSA) is 88.4 Å². The van der Waals surface area contributed by atoms with Crippen LogP contribution in [0.2, 0.25) is 0 Å². The molecule has 0 bridgehead atoms. The minimum atomic E-state index is -0.774. The Balaban J connectivity index is 2.21. The van der Waals surface area contributed by atoms with Crippen LogP contribution in [0.4, 0.5) is 0 Å². The molecule has 6 heteroatoms. The van der Waals surface area contributed by atoms with Gasteiger partial charge in [0.15, 0.2) is 0 Å². The third-order valence-electron chi connectivity index (χ3n) is 2.97. The Labute approximate surface area is 117 Å². The van der Waals surface area contributed by atoms with Gasteiger partial charge in [0.1, 0.15) is 0 Å². The molecule has 1 heterocycles. The number of rotatable bonds is 8. The Bertz CT molecular complexity index is 522. The highest BCUT2D eigenvalue weighted by atomic mass is 16.4. The number of nitrogens with zero attached hydrogens (tertiary/aromatic N) is 1. The van der Waals surface area contributed by atoms with Gasteiger partial charge in [-0.1, -0.05) is 12.8 Å². The zero-order valence-corrected chi connectivity index (χ0v) is 11.6. The van der Waals surface area contributed by atoms with Crippen LogP contribution in [0.3, 0.4) is 0 Å². The van der Waals surface area contributed by atoms with E-state index in [4.69, 9.17) is 5.11 Å². The maximum atomic E-state index is 11.7. The number of pyridine rings is 1. The predicted molar refractivity (Wildman–Crippen MR) is 74.7 cm³/mol. The Kier molecular flexibility index (Phi) is 6.49. The van der Waals surface area contributed by atoms with Gasteiger partial charge in [0, 0.05) is 37.8 Å². The fourth-order valence-electron chi connectivity index (χ4n) is 1.75. The van der Waals surface area contributed by atoms with Crippen molar-refractivity contribution in [3.8, 4) is 0 Å². The van der Waals surface area contributed by atoms with Crippen molar-refractivity contribution in [2.75, 3.05) is 6.54 Å². The number of amides is 1. The van der Waals surface area contributed by atoms with E-state index in [1.165, 1.54) is 10.6 Å². The molecule has 2 N–H and O–H groups in total. The second kappa shape index (κ2) is 8.14. The highest BCUT2D eigenvalue weighted by Crippen LogP contribution is 2.02. The first kappa shape index (κ1) is 15.9. The lowest BCUT2D eigenvalue weighted by molar-refractivity contribution is -0.137. The molecule has 0 aliphatic heterocycles. The number of nitrogens with one attached hydrogen (secondary N) is 1. The first-order valence-electron chi connectivity index (χ1n) is 6.67. The van der Waals surface area contributed by atoms with Crippen molar-refractivity contribution < 1.29 is 14.7 Å². The molecule has 0 spiro atoms. The summed E-state index contributed by atoms with van der Waals surface area (Å²) in [6, 6.07) is 2.91. The lowest BCUT2D eigenvalue weighted by Gasteiger charge is -2.05. The number of carbonyl (C=O) groups is 2. The van der Waals surface area contributed by atoms with E-state index in [9.17, 15) is 14.4 Å². The van der Waals surface area contributed by atoms with Gasteiger partial charge in [-0.2, -0.15) is 0 Å². The molecule has 0 aliphatic rings. The summed E-state index contributed by atoms with van der Waals surface area (Å²) < 4.78 is 1.40. The summed E-state index contributed by atoms with van der Waals surface area (Å²) in [4.78, 5) is 33.4. The Morgan fingerprint density at radius 2 is 1.95 bits per heavy atom. The first-order chi connectivity index (χ1) is 9.50. The second-order valence-electron chi connectivity index (χ2n) is 4.68. The number of hydrogen-bond donors (Lipinski definition) is 2. The van der Waals surface area contributed by atoms with E-state index in [0.29, 0.717) is 18.5 Å². The lowest BCUT2D eigenvalue weighted by Crippen LogP contribution is -2.26. The van der Waals surface area contributed by atoms with Gasteiger partial charge in [0.05, 0.1) is 0 Å². The van der Waals surface area contributed by atoms with E-state index in [1.807, 2.05) is 0 Å². The van der Waals surface area contributed by atoms with Gasteiger partial charge in [-0.25, -0.2) is 0 Å². The molecule has 1 aromatic rings. The first-order valence-corrected chi connectivity index (χ1v) is 6.67. The fraction of sp³-hybridized carbons (Fsp3) is 0.500. The molecule has 0 fully saturated rings. The number of aromatic nitrogens is 1. The van der Waals surface area contributed by atoms with Gasteiger partial charge in [0.25, 0.3) is 11.5 Å². The van der Waals surface area contributed by atoms with Crippen molar-refractivity contribution >= 4 is 11.9 Å². The highest BCUT2D eigenvalue weighted by molar-refractivity contribution is 5.93. The van der Waals surface area contributed by atoms with E-state index in [0.717, 1.165) is 19.3 Å². The average Bonchev–Trinajstić information content (AvgIpc) is 2.40. The van der Waals surface area contributed by atoms with E-state index in [-0.39, 0.29) is 17.9 Å². The van der Waals surface area contributed by atoms with E-state index >= 15 is 0 Å². The van der Waals surface area contributed by atoms with Crippen molar-refractivity contribution in [3.05, 3.63) is 34.2 Å². The Morgan fingerprint density at radius 3 is 2.60 bits per heavy atom. The summed E-state index contributed by atoms with van der Waals surface area (Å²) in [6.07, 6.45) is 4.94. The molecular weight excluding hydrogens is 260 g/mol. The number of aryl methyl sites for hydroxylation is 1. The van der Waals surface area contributed by atoms with Crippen LogP contribution in [-0.2, 0) is 11.8 Å². The summed E-state index contributed by atoms with van der Waals surface area (Å²) >= 11 is 0. The Morgan fingerprint density at radius 1 is 1.25 bits per heavy atom. The summed E-state index contributed by atoms with van der Waals surface area (Å²) in [5.74, 6) is -1.03. The molecule has 1 aromatic heterocycles. The van der Waals surface area contributed by atoms with E-state index in [2.05, 4.69) is 5.32 Å². The highest BCUT2D eigenvalue weighted by Gasteiger charge is 2.05. The van der Waals surface area contributed by atoms with Gasteiger partial charge in [0.2, 0.25) is 0 Å². The van der Waals surface area contributed by atoms with E-state index < -0.39 is 5.97 Å². The molecule has 0 aliphatic carbocycles. The molecule has 1 amide bonds. The minimum Gasteiger partial charge on any atom is -0.481 e. The number of carboxylic acids is 1. The van der Waals surface area contributed by atoms with Gasteiger partial charge in [-0.05, 0) is 18.9 Å². The van der Waals surface area contributed by atoms with Gasteiger partial charge < -0.3 is 15.0 Å². The number of hydrogen-bond acceptors (Lipinski definition) is 3. The number of unbranched alkanes of at least 4 members (excludes halogenated alkanes) is 3. The van der Waals surface area contributed by atoms with Crippen LogP contribution >= 0.6 is 0 Å². The van der Waals surface area contributed by atoms with Gasteiger partial charge in [-0.15, -0.1) is 0 Å². The van der Waals surface area contributed by atoms with Crippen LogP contribution in [0.1, 0.15) is 42.5 Å². The molecule has 0 atom stereocenters. The molecule has 0 saturated heterocycles. The lowest BCUT2D eigenvalue weighted by atomic mass is 10.1. The monoisotopic (exact) mass is 280 g/mol. The third kappa shape index (κ3) is 5.69. The standard InChI is InChI=1S/C14H20N2O4/c1-16-9-7-11(10-12(16)17)14(20)15-8-5-3-2-4-6-13(18)19/h7,9-10H,2-6,8H2,1H3,(H,15,20)(H,18,19). The van der Waals surface area contributed by atoms with Gasteiger partial charge in [-0.3, -0.25) is 14.4 Å². The number of carboxylic acid groups (broad SMARTS) is 1. The molecule has 1 rings (SSSR count). The summed E-state index contributed by atoms with van der Waals surface area (Å²) in [5.41, 5.74) is 0.144. The molecule has 0 unspecified atom stereocenters. The van der Waals surface area contributed by atoms with Crippen LogP contribution in [0, 0.1) is 0 Å². The van der Waals surface area contributed by atoms with Crippen LogP contribution in [-0.4, -0.2) is 28.1 Å². The molecule has 6 nitrogen and oxygen atoms in total. The van der Waals surface area contributed by atoms with Crippen LogP contribution < -0.4 is 10.9 Å². The third-order valence-corrected chi connectivity index (χ3v) is 2.97. The smallest absolute Gasteiger partial charge is 0.303 e. The molecule has 0 saturated carbocycles. The fourth-order valence-corrected chi connectivity index (χ4v) is 1.75. The molecular formula is C14H20N2O4. The normalized spacial score (nSPS) is 10.2.